The minimum Gasteiger partial charge on any atom is -0.497 e. The molecular formula is C25H27N3O3. The van der Waals surface area contributed by atoms with Crippen molar-refractivity contribution in [3.05, 3.63) is 83.6 Å². The summed E-state index contributed by atoms with van der Waals surface area (Å²) < 4.78 is 5.16. The van der Waals surface area contributed by atoms with Crippen molar-refractivity contribution < 1.29 is 14.3 Å². The molecule has 0 spiro atoms. The molecule has 1 amide bonds. The molecular weight excluding hydrogens is 390 g/mol. The molecule has 0 radical (unpaired) electrons. The fourth-order valence-corrected chi connectivity index (χ4v) is 3.03. The highest BCUT2D eigenvalue weighted by atomic mass is 16.5. The summed E-state index contributed by atoms with van der Waals surface area (Å²) in [5, 5.41) is 6.05. The molecule has 2 N–H and O–H groups in total. The second kappa shape index (κ2) is 10.9. The summed E-state index contributed by atoms with van der Waals surface area (Å²) in [5.74, 6) is 1.34. The largest absolute Gasteiger partial charge is 0.497 e. The molecule has 1 heterocycles. The molecule has 160 valence electrons. The van der Waals surface area contributed by atoms with Gasteiger partial charge in [0.15, 0.2) is 5.78 Å². The maximum absolute atomic E-state index is 12.2. The van der Waals surface area contributed by atoms with Crippen LogP contribution >= 0.6 is 0 Å². The van der Waals surface area contributed by atoms with Crippen molar-refractivity contribution in [3.8, 4) is 5.75 Å². The van der Waals surface area contributed by atoms with Crippen LogP contribution in [0.2, 0.25) is 0 Å². The van der Waals surface area contributed by atoms with Crippen molar-refractivity contribution in [1.29, 1.82) is 0 Å². The lowest BCUT2D eigenvalue weighted by Gasteiger charge is -2.08. The third kappa shape index (κ3) is 6.96. The Hall–Kier alpha value is -3.67. The molecule has 3 aromatic rings. The topological polar surface area (TPSA) is 80.3 Å². The summed E-state index contributed by atoms with van der Waals surface area (Å²) in [5.41, 5.74) is 3.54. The van der Waals surface area contributed by atoms with Gasteiger partial charge in [0.2, 0.25) is 5.91 Å². The van der Waals surface area contributed by atoms with Gasteiger partial charge in [-0.05, 0) is 43.2 Å². The summed E-state index contributed by atoms with van der Waals surface area (Å²) in [6.07, 6.45) is 2.77. The van der Waals surface area contributed by atoms with Crippen LogP contribution in [-0.4, -0.2) is 30.3 Å². The Labute approximate surface area is 182 Å². The number of amides is 1. The number of rotatable bonds is 10. The van der Waals surface area contributed by atoms with E-state index in [1.54, 1.807) is 31.5 Å². The van der Waals surface area contributed by atoms with E-state index in [1.165, 1.54) is 5.56 Å². The van der Waals surface area contributed by atoms with E-state index < -0.39 is 0 Å². The summed E-state index contributed by atoms with van der Waals surface area (Å²) in [4.78, 5) is 28.7. The molecule has 0 aliphatic carbocycles. The van der Waals surface area contributed by atoms with Crippen molar-refractivity contribution >= 4 is 23.2 Å². The zero-order chi connectivity index (χ0) is 22.1. The SMILES string of the molecule is COc1ccc(CCNc2ccc(NC(=O)CCC(=O)c3ccc(C)cc3)cn2)cc1. The van der Waals surface area contributed by atoms with Crippen molar-refractivity contribution in [2.75, 3.05) is 24.3 Å². The first-order valence-electron chi connectivity index (χ1n) is 10.3. The van der Waals surface area contributed by atoms with E-state index in [0.29, 0.717) is 11.3 Å². The number of benzene rings is 2. The van der Waals surface area contributed by atoms with Gasteiger partial charge in [-0.2, -0.15) is 0 Å². The number of ether oxygens (including phenoxy) is 1. The quantitative estimate of drug-likeness (QED) is 0.469. The van der Waals surface area contributed by atoms with E-state index >= 15 is 0 Å². The Morgan fingerprint density at radius 3 is 2.32 bits per heavy atom. The highest BCUT2D eigenvalue weighted by Crippen LogP contribution is 2.14. The van der Waals surface area contributed by atoms with Gasteiger partial charge in [0.25, 0.3) is 0 Å². The monoisotopic (exact) mass is 417 g/mol. The molecule has 31 heavy (non-hydrogen) atoms. The average molecular weight is 418 g/mol. The fraction of sp³-hybridized carbons (Fsp3) is 0.240. The maximum Gasteiger partial charge on any atom is 0.224 e. The van der Waals surface area contributed by atoms with Crippen LogP contribution in [0, 0.1) is 6.92 Å². The van der Waals surface area contributed by atoms with Crippen molar-refractivity contribution in [2.45, 2.75) is 26.2 Å². The normalized spacial score (nSPS) is 10.4. The predicted molar refractivity (Wildman–Crippen MR) is 123 cm³/mol. The highest BCUT2D eigenvalue weighted by Gasteiger charge is 2.10. The second-order valence-corrected chi connectivity index (χ2v) is 7.29. The van der Waals surface area contributed by atoms with Crippen LogP contribution in [0.15, 0.2) is 66.9 Å². The van der Waals surface area contributed by atoms with E-state index in [9.17, 15) is 9.59 Å². The van der Waals surface area contributed by atoms with Gasteiger partial charge in [0.05, 0.1) is 19.0 Å². The molecule has 2 aromatic carbocycles. The van der Waals surface area contributed by atoms with Gasteiger partial charge in [-0.25, -0.2) is 4.98 Å². The van der Waals surface area contributed by atoms with E-state index in [4.69, 9.17) is 4.74 Å². The number of ketones is 1. The fourth-order valence-electron chi connectivity index (χ4n) is 3.03. The lowest BCUT2D eigenvalue weighted by atomic mass is 10.0. The van der Waals surface area contributed by atoms with Gasteiger partial charge >= 0.3 is 0 Å². The van der Waals surface area contributed by atoms with Crippen molar-refractivity contribution in [1.82, 2.24) is 4.98 Å². The van der Waals surface area contributed by atoms with E-state index in [2.05, 4.69) is 15.6 Å². The van der Waals surface area contributed by atoms with Gasteiger partial charge in [-0.15, -0.1) is 0 Å². The lowest BCUT2D eigenvalue weighted by Crippen LogP contribution is -2.14. The molecule has 0 aliphatic rings. The average Bonchev–Trinajstić information content (AvgIpc) is 2.79. The highest BCUT2D eigenvalue weighted by molar-refractivity contribution is 6.00. The first kappa shape index (κ1) is 22.0. The molecule has 6 nitrogen and oxygen atoms in total. The Balaban J connectivity index is 1.40. The summed E-state index contributed by atoms with van der Waals surface area (Å²) in [6, 6.07) is 18.9. The molecule has 0 fully saturated rings. The number of nitrogens with zero attached hydrogens (tertiary/aromatic N) is 1. The maximum atomic E-state index is 12.2. The van der Waals surface area contributed by atoms with E-state index in [-0.39, 0.29) is 24.5 Å². The van der Waals surface area contributed by atoms with Gasteiger partial charge in [0.1, 0.15) is 11.6 Å². The third-order valence-electron chi connectivity index (χ3n) is 4.88. The minimum atomic E-state index is -0.206. The number of hydrogen-bond acceptors (Lipinski definition) is 5. The van der Waals surface area contributed by atoms with Crippen LogP contribution in [0.25, 0.3) is 0 Å². The number of Topliss-reactive ketones (excluding diaryl/α,β-unsaturated/α-hetero) is 1. The number of carbonyl (C=O) groups excluding carboxylic acids is 2. The molecule has 0 saturated carbocycles. The second-order valence-electron chi connectivity index (χ2n) is 7.29. The van der Waals surface area contributed by atoms with Crippen LogP contribution in [0.1, 0.15) is 34.3 Å². The van der Waals surface area contributed by atoms with Crippen molar-refractivity contribution in [3.63, 3.8) is 0 Å². The summed E-state index contributed by atoms with van der Waals surface area (Å²) >= 11 is 0. The van der Waals surface area contributed by atoms with E-state index in [0.717, 1.165) is 30.1 Å². The molecule has 1 aromatic heterocycles. The molecule has 0 aliphatic heterocycles. The Morgan fingerprint density at radius 1 is 0.935 bits per heavy atom. The number of aryl methyl sites for hydroxylation is 1. The van der Waals surface area contributed by atoms with Crippen LogP contribution < -0.4 is 15.4 Å². The van der Waals surface area contributed by atoms with Crippen molar-refractivity contribution in [2.24, 2.45) is 0 Å². The number of hydrogen-bond donors (Lipinski definition) is 2. The van der Waals surface area contributed by atoms with Gasteiger partial charge < -0.3 is 15.4 Å². The van der Waals surface area contributed by atoms with Gasteiger partial charge in [-0.1, -0.05) is 42.0 Å². The predicted octanol–water partition coefficient (Wildman–Crippen LogP) is 4.65. The Bertz CT molecular complexity index is 998. The van der Waals surface area contributed by atoms with Gasteiger partial charge in [-0.3, -0.25) is 9.59 Å². The summed E-state index contributed by atoms with van der Waals surface area (Å²) in [6.45, 7) is 2.71. The van der Waals surface area contributed by atoms with Crippen LogP contribution in [-0.2, 0) is 11.2 Å². The molecule has 3 rings (SSSR count). The smallest absolute Gasteiger partial charge is 0.224 e. The number of carbonyl (C=O) groups is 2. The Kier molecular flexibility index (Phi) is 7.76. The molecule has 0 saturated heterocycles. The van der Waals surface area contributed by atoms with Crippen LogP contribution in [0.3, 0.4) is 0 Å². The number of nitrogens with one attached hydrogen (secondary N) is 2. The van der Waals surface area contributed by atoms with Crippen LogP contribution in [0.4, 0.5) is 11.5 Å². The Morgan fingerprint density at radius 2 is 1.68 bits per heavy atom. The molecule has 0 bridgehead atoms. The third-order valence-corrected chi connectivity index (χ3v) is 4.88. The minimum absolute atomic E-state index is 0.0373. The number of methoxy groups -OCH3 is 1. The number of aromatic nitrogens is 1. The van der Waals surface area contributed by atoms with Gasteiger partial charge in [0, 0.05) is 24.9 Å². The molecule has 6 heteroatoms. The van der Waals surface area contributed by atoms with Crippen LogP contribution in [0.5, 0.6) is 5.75 Å². The lowest BCUT2D eigenvalue weighted by molar-refractivity contribution is -0.116. The number of pyridine rings is 1. The zero-order valence-electron chi connectivity index (χ0n) is 17.9. The standard InChI is InChI=1S/C25H27N3O3/c1-18-3-7-20(8-4-18)23(29)12-14-25(30)28-21-9-13-24(27-17-21)26-16-15-19-5-10-22(31-2)11-6-19/h3-11,13,17H,12,14-16H2,1-2H3,(H,26,27)(H,28,30). The van der Waals surface area contributed by atoms with E-state index in [1.807, 2.05) is 49.4 Å². The first-order valence-corrected chi connectivity index (χ1v) is 10.3. The zero-order valence-corrected chi connectivity index (χ0v) is 17.9. The molecule has 0 unspecified atom stereocenters. The number of anilines is 2. The first-order chi connectivity index (χ1) is 15.0. The summed E-state index contributed by atoms with van der Waals surface area (Å²) in [7, 11) is 1.65. The molecule has 0 atom stereocenters.